The molecule has 0 atom stereocenters. The second kappa shape index (κ2) is 12.3. The van der Waals surface area contributed by atoms with Gasteiger partial charge in [-0.1, -0.05) is 109 Å². The van der Waals surface area contributed by atoms with Crippen molar-refractivity contribution in [3.63, 3.8) is 0 Å². The first-order chi connectivity index (χ1) is 32.7. The first kappa shape index (κ1) is 34.4. The van der Waals surface area contributed by atoms with Crippen molar-refractivity contribution >= 4 is 131 Å². The summed E-state index contributed by atoms with van der Waals surface area (Å²) in [5.74, 6) is 1.56. The van der Waals surface area contributed by atoms with Crippen molar-refractivity contribution in [3.05, 3.63) is 194 Å². The summed E-state index contributed by atoms with van der Waals surface area (Å²) >= 11 is 0. The molecule has 9 aromatic carbocycles. The molecule has 0 unspecified atom stereocenters. The Hall–Kier alpha value is -9.07. The highest BCUT2D eigenvalue weighted by molar-refractivity contribution is 6.20. The third-order valence-corrected chi connectivity index (χ3v) is 14.0. The minimum absolute atomic E-state index is 0.775. The molecule has 0 radical (unpaired) electrons. The van der Waals surface area contributed by atoms with Crippen molar-refractivity contribution in [3.8, 4) is 17.3 Å². The van der Waals surface area contributed by atoms with Crippen LogP contribution < -0.4 is 0 Å². The molecule has 7 heteroatoms. The fraction of sp³-hybridized carbons (Fsp3) is 0. The Morgan fingerprint density at radius 3 is 1.09 bits per heavy atom. The Labute approximate surface area is 373 Å². The molecule has 7 aromatic heterocycles. The first-order valence-electron chi connectivity index (χ1n) is 22.3. The molecule has 0 aliphatic rings. The molecule has 0 spiro atoms. The van der Waals surface area contributed by atoms with Gasteiger partial charge in [0.15, 0.2) is 5.82 Å². The quantitative estimate of drug-likeness (QED) is 0.178. The van der Waals surface area contributed by atoms with Crippen LogP contribution in [0.4, 0.5) is 0 Å². The highest BCUT2D eigenvalue weighted by atomic mass is 16.3. The van der Waals surface area contributed by atoms with Gasteiger partial charge >= 0.3 is 0 Å². The summed E-state index contributed by atoms with van der Waals surface area (Å²) in [6, 6.07) is 68.7. The molecule has 66 heavy (non-hydrogen) atoms. The molecule has 16 aromatic rings. The van der Waals surface area contributed by atoms with Gasteiger partial charge in [0.05, 0.1) is 38.8 Å². The van der Waals surface area contributed by atoms with Crippen LogP contribution in [-0.4, -0.2) is 18.7 Å². The van der Waals surface area contributed by atoms with Crippen molar-refractivity contribution in [1.82, 2.24) is 18.7 Å². The van der Waals surface area contributed by atoms with Crippen LogP contribution in [0.15, 0.2) is 207 Å². The smallest absolute Gasteiger partial charge is 0.164 e. The van der Waals surface area contributed by atoms with Crippen LogP contribution >= 0.6 is 0 Å². The molecule has 0 amide bonds. The number of rotatable bonds is 3. The maximum absolute atomic E-state index is 6.60. The summed E-state index contributed by atoms with van der Waals surface area (Å²) in [5, 5.41) is 13.4. The average molecular weight is 845 g/mol. The fourth-order valence-corrected chi connectivity index (χ4v) is 11.2. The number of hydrogen-bond acceptors (Lipinski definition) is 4. The molecule has 0 aliphatic carbocycles. The van der Waals surface area contributed by atoms with Crippen LogP contribution in [-0.2, 0) is 0 Å². The SMILES string of the molecule is c1ccc2c(c1)oc1cc3c(cc12)c1ccccc1n3-c1ccc(-n2c3ccccc3c3cc4c(cc32)oc2ccccc24)c(-n2c3ccccc3c3cc4c(cc32)oc2ccccc24)n1. The van der Waals surface area contributed by atoms with Gasteiger partial charge < -0.3 is 17.8 Å². The van der Waals surface area contributed by atoms with E-state index in [-0.39, 0.29) is 0 Å². The number of pyridine rings is 1. The van der Waals surface area contributed by atoms with Crippen molar-refractivity contribution < 1.29 is 13.3 Å². The first-order valence-corrected chi connectivity index (χ1v) is 22.3. The Kier molecular flexibility index (Phi) is 6.44. The van der Waals surface area contributed by atoms with E-state index in [4.69, 9.17) is 18.2 Å². The number of benzene rings is 9. The van der Waals surface area contributed by atoms with E-state index < -0.39 is 0 Å². The molecular weight excluding hydrogens is 813 g/mol. The standard InChI is InChI=1S/C59H32N4O3/c1-7-19-45-33(13-1)39-27-42-36-16-4-10-22-52(36)64-55(42)30-49(39)61(45)48-25-26-58(62-46-20-8-2-14-34(46)40-28-43-37-17-5-11-23-53(37)65-56(43)31-50(40)62)60-59(48)63-47-21-9-3-15-35(47)41-29-44-38-18-6-12-24-54(38)66-57(44)32-51(41)63/h1-32H. The lowest BCUT2D eigenvalue weighted by Gasteiger charge is -2.18. The summed E-state index contributed by atoms with van der Waals surface area (Å²) in [7, 11) is 0. The Bertz CT molecular complexity index is 4780. The van der Waals surface area contributed by atoms with E-state index in [2.05, 4.69) is 171 Å². The molecule has 16 rings (SSSR count). The molecule has 7 heterocycles. The highest BCUT2D eigenvalue weighted by Gasteiger charge is 2.25. The molecule has 0 saturated heterocycles. The van der Waals surface area contributed by atoms with Crippen molar-refractivity contribution in [2.24, 2.45) is 0 Å². The van der Waals surface area contributed by atoms with Crippen molar-refractivity contribution in [2.75, 3.05) is 0 Å². The van der Waals surface area contributed by atoms with Gasteiger partial charge in [-0.05, 0) is 66.7 Å². The number of para-hydroxylation sites is 6. The minimum atomic E-state index is 0.775. The van der Waals surface area contributed by atoms with E-state index in [9.17, 15) is 0 Å². The van der Waals surface area contributed by atoms with E-state index in [1.165, 1.54) is 0 Å². The van der Waals surface area contributed by atoms with Gasteiger partial charge in [0.2, 0.25) is 0 Å². The van der Waals surface area contributed by atoms with Gasteiger partial charge in [-0.2, -0.15) is 0 Å². The average Bonchev–Trinajstić information content (AvgIpc) is 4.21. The third-order valence-electron chi connectivity index (χ3n) is 14.0. The van der Waals surface area contributed by atoms with Crippen LogP contribution in [0.5, 0.6) is 0 Å². The summed E-state index contributed by atoms with van der Waals surface area (Å²) in [5.41, 5.74) is 12.3. The Morgan fingerprint density at radius 2 is 0.621 bits per heavy atom. The van der Waals surface area contributed by atoms with Crippen LogP contribution in [0.2, 0.25) is 0 Å². The summed E-state index contributed by atoms with van der Waals surface area (Å²) < 4.78 is 26.7. The number of fused-ring (bicyclic) bond motifs is 18. The lowest BCUT2D eigenvalue weighted by Crippen LogP contribution is -2.09. The fourth-order valence-electron chi connectivity index (χ4n) is 11.2. The van der Waals surface area contributed by atoms with Gasteiger partial charge in [0.25, 0.3) is 0 Å². The molecule has 0 saturated carbocycles. The largest absolute Gasteiger partial charge is 0.456 e. The Morgan fingerprint density at radius 1 is 0.258 bits per heavy atom. The predicted octanol–water partition coefficient (Wildman–Crippen LogP) is 16.1. The van der Waals surface area contributed by atoms with Crippen LogP contribution in [0.25, 0.3) is 149 Å². The van der Waals surface area contributed by atoms with Crippen LogP contribution in [0, 0.1) is 0 Å². The molecule has 0 fully saturated rings. The lowest BCUT2D eigenvalue weighted by molar-refractivity contribution is 0.669. The monoisotopic (exact) mass is 844 g/mol. The molecular formula is C59H32N4O3. The third kappa shape index (κ3) is 4.43. The van der Waals surface area contributed by atoms with E-state index in [1.54, 1.807) is 0 Å². The van der Waals surface area contributed by atoms with E-state index in [0.29, 0.717) is 0 Å². The number of aromatic nitrogens is 4. The minimum Gasteiger partial charge on any atom is -0.456 e. The molecule has 0 bridgehead atoms. The van der Waals surface area contributed by atoms with Crippen molar-refractivity contribution in [1.29, 1.82) is 0 Å². The summed E-state index contributed by atoms with van der Waals surface area (Å²) in [4.78, 5) is 5.89. The van der Waals surface area contributed by atoms with Gasteiger partial charge in [0, 0.05) is 82.8 Å². The Balaban J connectivity index is 1.06. The summed E-state index contributed by atoms with van der Waals surface area (Å²) in [6.07, 6.45) is 0. The molecule has 306 valence electrons. The lowest BCUT2D eigenvalue weighted by atomic mass is 10.1. The maximum Gasteiger partial charge on any atom is 0.164 e. The molecule has 0 N–H and O–H groups in total. The molecule has 0 aliphatic heterocycles. The normalized spacial score (nSPS) is 12.5. The zero-order valence-electron chi connectivity index (χ0n) is 35.0. The second-order valence-corrected chi connectivity index (χ2v) is 17.5. The summed E-state index contributed by atoms with van der Waals surface area (Å²) in [6.45, 7) is 0. The zero-order chi connectivity index (χ0) is 42.8. The topological polar surface area (TPSA) is 67.1 Å². The van der Waals surface area contributed by atoms with E-state index >= 15 is 0 Å². The number of hydrogen-bond donors (Lipinski definition) is 0. The zero-order valence-corrected chi connectivity index (χ0v) is 35.0. The van der Waals surface area contributed by atoms with Gasteiger partial charge in [-0.3, -0.25) is 9.13 Å². The van der Waals surface area contributed by atoms with Crippen LogP contribution in [0.3, 0.4) is 0 Å². The van der Waals surface area contributed by atoms with E-state index in [1.807, 2.05) is 36.4 Å². The maximum atomic E-state index is 6.60. The molecule has 7 nitrogen and oxygen atoms in total. The van der Waals surface area contributed by atoms with Crippen molar-refractivity contribution in [2.45, 2.75) is 0 Å². The van der Waals surface area contributed by atoms with Gasteiger partial charge in [-0.25, -0.2) is 4.98 Å². The van der Waals surface area contributed by atoms with Gasteiger partial charge in [0.1, 0.15) is 39.3 Å². The van der Waals surface area contributed by atoms with E-state index in [0.717, 1.165) is 149 Å². The predicted molar refractivity (Wildman–Crippen MR) is 269 cm³/mol. The number of nitrogens with zero attached hydrogens (tertiary/aromatic N) is 4. The highest BCUT2D eigenvalue weighted by Crippen LogP contribution is 2.44. The van der Waals surface area contributed by atoms with Gasteiger partial charge in [-0.15, -0.1) is 0 Å². The number of furan rings is 3. The van der Waals surface area contributed by atoms with Crippen LogP contribution in [0.1, 0.15) is 0 Å². The second-order valence-electron chi connectivity index (χ2n) is 17.5.